The van der Waals surface area contributed by atoms with Crippen LogP contribution in [0.5, 0.6) is 5.75 Å². The largest absolute Gasteiger partial charge is 0.484 e. The minimum Gasteiger partial charge on any atom is -0.484 e. The van der Waals surface area contributed by atoms with Crippen molar-refractivity contribution < 1.29 is 18.3 Å². The van der Waals surface area contributed by atoms with Crippen molar-refractivity contribution in [2.45, 2.75) is 32.7 Å². The van der Waals surface area contributed by atoms with Gasteiger partial charge in [-0.3, -0.25) is 4.79 Å². The molecule has 3 aromatic rings. The Hall–Kier alpha value is -3.16. The third-order valence-corrected chi connectivity index (χ3v) is 4.21. The fourth-order valence-electron chi connectivity index (χ4n) is 2.94. The van der Waals surface area contributed by atoms with Gasteiger partial charge in [0.15, 0.2) is 6.61 Å². The number of aromatic nitrogens is 2. The van der Waals surface area contributed by atoms with E-state index in [0.29, 0.717) is 11.0 Å². The lowest BCUT2D eigenvalue weighted by atomic mass is 9.86. The molecule has 0 saturated carbocycles. The Morgan fingerprint density at radius 3 is 2.36 bits per heavy atom. The number of amides is 1. The predicted octanol–water partition coefficient (Wildman–Crippen LogP) is 3.13. The number of carbonyl (C=O) groups excluding carboxylic acids is 1. The van der Waals surface area contributed by atoms with Gasteiger partial charge in [-0.1, -0.05) is 26.8 Å². The van der Waals surface area contributed by atoms with Gasteiger partial charge in [0.1, 0.15) is 17.4 Å². The van der Waals surface area contributed by atoms with Crippen molar-refractivity contribution in [2.24, 2.45) is 0 Å². The number of aromatic amines is 2. The molecule has 1 amide bonds. The van der Waals surface area contributed by atoms with Gasteiger partial charge in [-0.05, 0) is 23.1 Å². The van der Waals surface area contributed by atoms with Crippen LogP contribution in [-0.2, 0) is 16.8 Å². The van der Waals surface area contributed by atoms with Crippen molar-refractivity contribution in [3.63, 3.8) is 0 Å². The van der Waals surface area contributed by atoms with Gasteiger partial charge in [0.05, 0.1) is 11.0 Å². The average Bonchev–Trinajstić information content (AvgIpc) is 2.95. The number of H-pyrrole nitrogens is 2. The van der Waals surface area contributed by atoms with Gasteiger partial charge in [-0.25, -0.2) is 13.6 Å². The van der Waals surface area contributed by atoms with Crippen LogP contribution in [0.15, 0.2) is 35.1 Å². The van der Waals surface area contributed by atoms with E-state index in [0.717, 1.165) is 17.7 Å². The van der Waals surface area contributed by atoms with Crippen LogP contribution in [-0.4, -0.2) is 22.5 Å². The summed E-state index contributed by atoms with van der Waals surface area (Å²) in [5.74, 6) is -1.92. The summed E-state index contributed by atoms with van der Waals surface area (Å²) < 4.78 is 33.6. The summed E-state index contributed by atoms with van der Waals surface area (Å²) in [6.07, 6.45) is 0. The first-order chi connectivity index (χ1) is 13.1. The van der Waals surface area contributed by atoms with E-state index in [9.17, 15) is 18.4 Å². The third-order valence-electron chi connectivity index (χ3n) is 4.21. The number of benzene rings is 2. The minimum atomic E-state index is -0.711. The molecular weight excluding hydrogens is 368 g/mol. The molecule has 0 atom stereocenters. The van der Waals surface area contributed by atoms with E-state index in [1.54, 1.807) is 39.0 Å². The first-order valence-corrected chi connectivity index (χ1v) is 8.73. The third kappa shape index (κ3) is 4.39. The van der Waals surface area contributed by atoms with Crippen molar-refractivity contribution >= 4 is 16.9 Å². The Morgan fingerprint density at radius 1 is 1.07 bits per heavy atom. The van der Waals surface area contributed by atoms with Gasteiger partial charge in [0.25, 0.3) is 5.91 Å². The molecule has 8 heteroatoms. The first kappa shape index (κ1) is 19.6. The second-order valence-electron chi connectivity index (χ2n) is 7.54. The van der Waals surface area contributed by atoms with Gasteiger partial charge >= 0.3 is 5.69 Å². The lowest BCUT2D eigenvalue weighted by Gasteiger charge is -2.21. The highest BCUT2D eigenvalue weighted by atomic mass is 19.1. The molecule has 28 heavy (non-hydrogen) atoms. The lowest BCUT2D eigenvalue weighted by Crippen LogP contribution is -2.28. The van der Waals surface area contributed by atoms with E-state index in [1.165, 1.54) is 0 Å². The molecule has 2 aromatic carbocycles. The van der Waals surface area contributed by atoms with Crippen LogP contribution in [0.2, 0.25) is 0 Å². The molecule has 3 rings (SSSR count). The van der Waals surface area contributed by atoms with E-state index >= 15 is 0 Å². The SMILES string of the molecule is CC(C)(C)c1c(F)cc(OCC(=O)NCc2ccc3[nH]c(=O)[nH]c3c2)cc1F. The quantitative estimate of drug-likeness (QED) is 0.627. The summed E-state index contributed by atoms with van der Waals surface area (Å²) in [6, 6.07) is 7.39. The molecule has 3 N–H and O–H groups in total. The Balaban J connectivity index is 1.58. The highest BCUT2D eigenvalue weighted by Crippen LogP contribution is 2.30. The number of imidazole rings is 1. The van der Waals surface area contributed by atoms with E-state index in [4.69, 9.17) is 4.74 Å². The van der Waals surface area contributed by atoms with Gasteiger partial charge in [0.2, 0.25) is 0 Å². The number of ether oxygens (including phenoxy) is 1. The summed E-state index contributed by atoms with van der Waals surface area (Å²) in [5.41, 5.74) is 1.07. The molecule has 0 spiro atoms. The molecule has 0 fully saturated rings. The fourth-order valence-corrected chi connectivity index (χ4v) is 2.94. The van der Waals surface area contributed by atoms with Crippen LogP contribution in [0, 0.1) is 11.6 Å². The van der Waals surface area contributed by atoms with Gasteiger partial charge < -0.3 is 20.0 Å². The standard InChI is InChI=1S/C20H21F2N3O3/c1-20(2,3)18-13(21)7-12(8-14(18)22)28-10-17(26)23-9-11-4-5-15-16(6-11)25-19(27)24-15/h4-8H,9-10H2,1-3H3,(H,23,26)(H2,24,25,27). The van der Waals surface area contributed by atoms with Crippen molar-refractivity contribution in [3.8, 4) is 5.75 Å². The lowest BCUT2D eigenvalue weighted by molar-refractivity contribution is -0.123. The van der Waals surface area contributed by atoms with Crippen LogP contribution in [0.1, 0.15) is 31.9 Å². The number of rotatable bonds is 5. The Kier molecular flexibility index (Phi) is 5.22. The summed E-state index contributed by atoms with van der Waals surface area (Å²) in [5, 5.41) is 2.65. The molecule has 0 bridgehead atoms. The van der Waals surface area contributed by atoms with E-state index in [-0.39, 0.29) is 30.2 Å². The van der Waals surface area contributed by atoms with Crippen molar-refractivity contribution in [2.75, 3.05) is 6.61 Å². The molecular formula is C20H21F2N3O3. The topological polar surface area (TPSA) is 87.0 Å². The number of hydrogen-bond acceptors (Lipinski definition) is 3. The zero-order chi connectivity index (χ0) is 20.5. The molecule has 0 aliphatic carbocycles. The molecule has 0 unspecified atom stereocenters. The maximum absolute atomic E-state index is 14.2. The van der Waals surface area contributed by atoms with Crippen LogP contribution in [0.3, 0.4) is 0 Å². The maximum atomic E-state index is 14.2. The molecule has 0 aliphatic heterocycles. The number of hydrogen-bond donors (Lipinski definition) is 3. The average molecular weight is 389 g/mol. The molecule has 148 valence electrons. The molecule has 0 saturated heterocycles. The maximum Gasteiger partial charge on any atom is 0.323 e. The van der Waals surface area contributed by atoms with E-state index < -0.39 is 23.0 Å². The highest BCUT2D eigenvalue weighted by molar-refractivity contribution is 5.78. The zero-order valence-electron chi connectivity index (χ0n) is 15.8. The van der Waals surface area contributed by atoms with Crippen LogP contribution in [0.4, 0.5) is 8.78 Å². The van der Waals surface area contributed by atoms with Crippen molar-refractivity contribution in [1.29, 1.82) is 0 Å². The summed E-state index contributed by atoms with van der Waals surface area (Å²) in [7, 11) is 0. The normalized spacial score (nSPS) is 11.6. The van der Waals surface area contributed by atoms with Gasteiger partial charge in [-0.2, -0.15) is 0 Å². The van der Waals surface area contributed by atoms with Crippen LogP contribution in [0.25, 0.3) is 11.0 Å². The second kappa shape index (κ2) is 7.46. The zero-order valence-corrected chi connectivity index (χ0v) is 15.8. The first-order valence-electron chi connectivity index (χ1n) is 8.73. The fraction of sp³-hybridized carbons (Fsp3) is 0.300. The minimum absolute atomic E-state index is 0.0255. The molecule has 1 aromatic heterocycles. The van der Waals surface area contributed by atoms with Gasteiger partial charge in [-0.15, -0.1) is 0 Å². The van der Waals surface area contributed by atoms with Crippen LogP contribution >= 0.6 is 0 Å². The van der Waals surface area contributed by atoms with E-state index in [2.05, 4.69) is 15.3 Å². The van der Waals surface area contributed by atoms with Gasteiger partial charge in [0, 0.05) is 24.2 Å². The summed E-state index contributed by atoms with van der Waals surface area (Å²) in [6.45, 7) is 4.97. The summed E-state index contributed by atoms with van der Waals surface area (Å²) >= 11 is 0. The van der Waals surface area contributed by atoms with E-state index in [1.807, 2.05) is 0 Å². The van der Waals surface area contributed by atoms with Crippen molar-refractivity contribution in [3.05, 3.63) is 63.6 Å². The highest BCUT2D eigenvalue weighted by Gasteiger charge is 2.24. The Morgan fingerprint density at radius 2 is 1.71 bits per heavy atom. The molecule has 1 heterocycles. The molecule has 6 nitrogen and oxygen atoms in total. The number of nitrogens with one attached hydrogen (secondary N) is 3. The number of carbonyl (C=O) groups is 1. The Bertz CT molecular complexity index is 1060. The monoisotopic (exact) mass is 389 g/mol. The molecule has 0 aliphatic rings. The smallest absolute Gasteiger partial charge is 0.323 e. The van der Waals surface area contributed by atoms with Crippen molar-refractivity contribution in [1.82, 2.24) is 15.3 Å². The summed E-state index contributed by atoms with van der Waals surface area (Å²) in [4.78, 5) is 28.5. The number of fused-ring (bicyclic) bond motifs is 1. The Labute approximate surface area is 159 Å². The molecule has 0 radical (unpaired) electrons. The predicted molar refractivity (Wildman–Crippen MR) is 101 cm³/mol. The van der Waals surface area contributed by atoms with Crippen LogP contribution < -0.4 is 15.7 Å². The number of halogens is 2. The second-order valence-corrected chi connectivity index (χ2v) is 7.54.